The number of hydrogen-bond acceptors (Lipinski definition) is 3. The van der Waals surface area contributed by atoms with Crippen molar-refractivity contribution in [3.63, 3.8) is 0 Å². The molecule has 0 aliphatic carbocycles. The highest BCUT2D eigenvalue weighted by atomic mass is 16.5. The topological polar surface area (TPSA) is 58.6 Å². The number of amides is 1. The molecular weight excluding hydrogens is 254 g/mol. The molecule has 0 saturated heterocycles. The second-order valence-corrected chi connectivity index (χ2v) is 4.16. The molecule has 0 bridgehead atoms. The molecule has 1 rings (SSSR count). The molecule has 0 fully saturated rings. The van der Waals surface area contributed by atoms with Crippen LogP contribution in [0.15, 0.2) is 24.3 Å². The zero-order valence-corrected chi connectivity index (χ0v) is 11.8. The summed E-state index contributed by atoms with van der Waals surface area (Å²) in [7, 11) is 0. The maximum Gasteiger partial charge on any atom is 0.251 e. The minimum absolute atomic E-state index is 0.0647. The number of carbonyl (C=O) groups excluding carboxylic acids is 1. The molecule has 0 saturated carbocycles. The Bertz CT molecular complexity index is 457. The van der Waals surface area contributed by atoms with E-state index >= 15 is 0 Å². The number of nitrogens with one attached hydrogen (secondary N) is 1. The van der Waals surface area contributed by atoms with E-state index in [9.17, 15) is 4.79 Å². The van der Waals surface area contributed by atoms with Gasteiger partial charge in [0, 0.05) is 37.3 Å². The van der Waals surface area contributed by atoms with Gasteiger partial charge in [-0.25, -0.2) is 0 Å². The number of aliphatic hydroxyl groups excluding tert-OH is 1. The Labute approximate surface area is 120 Å². The summed E-state index contributed by atoms with van der Waals surface area (Å²) in [5.74, 6) is 5.67. The van der Waals surface area contributed by atoms with E-state index < -0.39 is 0 Å². The lowest BCUT2D eigenvalue weighted by molar-refractivity contribution is 0.0944. The van der Waals surface area contributed by atoms with Crippen molar-refractivity contribution < 1.29 is 14.6 Å². The molecule has 1 amide bonds. The highest BCUT2D eigenvalue weighted by molar-refractivity contribution is 5.94. The van der Waals surface area contributed by atoms with Crippen LogP contribution in [-0.4, -0.2) is 37.4 Å². The molecule has 0 unspecified atom stereocenters. The minimum Gasteiger partial charge on any atom is -0.395 e. The van der Waals surface area contributed by atoms with Gasteiger partial charge in [-0.2, -0.15) is 0 Å². The van der Waals surface area contributed by atoms with Crippen LogP contribution in [0.4, 0.5) is 0 Å². The third kappa shape index (κ3) is 6.37. The van der Waals surface area contributed by atoms with E-state index in [1.807, 2.05) is 6.92 Å². The van der Waals surface area contributed by atoms with Crippen molar-refractivity contribution in [2.75, 3.05) is 26.4 Å². The molecular formula is C16H21NO3. The fourth-order valence-corrected chi connectivity index (χ4v) is 1.55. The quantitative estimate of drug-likeness (QED) is 0.587. The van der Waals surface area contributed by atoms with Crippen molar-refractivity contribution in [2.24, 2.45) is 0 Å². The predicted molar refractivity (Wildman–Crippen MR) is 78.5 cm³/mol. The largest absolute Gasteiger partial charge is 0.395 e. The zero-order valence-electron chi connectivity index (χ0n) is 11.8. The summed E-state index contributed by atoms with van der Waals surface area (Å²) in [6, 6.07) is 7.11. The smallest absolute Gasteiger partial charge is 0.251 e. The molecule has 4 heteroatoms. The Morgan fingerprint density at radius 1 is 1.35 bits per heavy atom. The Kier molecular flexibility index (Phi) is 8.13. The molecule has 0 aromatic heterocycles. The molecule has 1 aromatic carbocycles. The lowest BCUT2D eigenvalue weighted by Crippen LogP contribution is -2.25. The molecule has 0 aliphatic rings. The average molecular weight is 275 g/mol. The summed E-state index contributed by atoms with van der Waals surface area (Å²) in [6.07, 6.45) is 1.27. The van der Waals surface area contributed by atoms with Crippen LogP contribution in [0.1, 0.15) is 35.7 Å². The molecule has 1 aromatic rings. The van der Waals surface area contributed by atoms with Gasteiger partial charge in [-0.1, -0.05) is 11.8 Å². The van der Waals surface area contributed by atoms with Gasteiger partial charge in [0.2, 0.25) is 0 Å². The summed E-state index contributed by atoms with van der Waals surface area (Å²) in [5, 5.41) is 11.5. The Morgan fingerprint density at radius 2 is 2.10 bits per heavy atom. The molecule has 108 valence electrons. The van der Waals surface area contributed by atoms with Crippen LogP contribution in [0.2, 0.25) is 0 Å². The van der Waals surface area contributed by atoms with Crippen molar-refractivity contribution in [3.8, 4) is 11.8 Å². The van der Waals surface area contributed by atoms with E-state index in [0.29, 0.717) is 31.7 Å². The van der Waals surface area contributed by atoms with Gasteiger partial charge in [-0.05, 0) is 37.6 Å². The second-order valence-electron chi connectivity index (χ2n) is 4.16. The fraction of sp³-hybridized carbons (Fsp3) is 0.438. The van der Waals surface area contributed by atoms with E-state index in [1.54, 1.807) is 24.3 Å². The third-order valence-electron chi connectivity index (χ3n) is 2.57. The summed E-state index contributed by atoms with van der Waals surface area (Å²) in [5.41, 5.74) is 1.46. The van der Waals surface area contributed by atoms with E-state index in [4.69, 9.17) is 9.84 Å². The molecule has 0 aliphatic heterocycles. The highest BCUT2D eigenvalue weighted by Gasteiger charge is 2.03. The standard InChI is InChI=1S/C16H21NO3/c1-2-20-13-5-11-17-16(19)15-9-7-14(8-10-15)6-3-4-12-18/h7-10,18H,2,4-5,11-13H2,1H3,(H,17,19). The van der Waals surface area contributed by atoms with Gasteiger partial charge in [-0.15, -0.1) is 0 Å². The first-order valence-electron chi connectivity index (χ1n) is 6.83. The van der Waals surface area contributed by atoms with Gasteiger partial charge in [0.1, 0.15) is 0 Å². The summed E-state index contributed by atoms with van der Waals surface area (Å²) >= 11 is 0. The van der Waals surface area contributed by atoms with Crippen molar-refractivity contribution in [1.82, 2.24) is 5.32 Å². The first-order valence-corrected chi connectivity index (χ1v) is 6.83. The number of rotatable bonds is 7. The molecule has 0 heterocycles. The summed E-state index contributed by atoms with van der Waals surface area (Å²) in [6.45, 7) is 3.98. The SMILES string of the molecule is CCOCCCNC(=O)c1ccc(C#CCCO)cc1. The predicted octanol–water partition coefficient (Wildman–Crippen LogP) is 1.58. The highest BCUT2D eigenvalue weighted by Crippen LogP contribution is 2.03. The first-order chi connectivity index (χ1) is 9.77. The van der Waals surface area contributed by atoms with Gasteiger partial charge in [0.15, 0.2) is 0 Å². The third-order valence-corrected chi connectivity index (χ3v) is 2.57. The van der Waals surface area contributed by atoms with Crippen LogP contribution in [0.3, 0.4) is 0 Å². The fourth-order valence-electron chi connectivity index (χ4n) is 1.55. The van der Waals surface area contributed by atoms with Crippen molar-refractivity contribution in [1.29, 1.82) is 0 Å². The Morgan fingerprint density at radius 3 is 2.75 bits per heavy atom. The van der Waals surface area contributed by atoms with Crippen molar-refractivity contribution >= 4 is 5.91 Å². The van der Waals surface area contributed by atoms with Gasteiger partial charge < -0.3 is 15.2 Å². The van der Waals surface area contributed by atoms with Gasteiger partial charge in [0.25, 0.3) is 5.91 Å². The molecule has 0 spiro atoms. The van der Waals surface area contributed by atoms with Crippen molar-refractivity contribution in [3.05, 3.63) is 35.4 Å². The normalized spacial score (nSPS) is 9.70. The Hall–Kier alpha value is -1.83. The van der Waals surface area contributed by atoms with Crippen LogP contribution < -0.4 is 5.32 Å². The minimum atomic E-state index is -0.0867. The number of carbonyl (C=O) groups is 1. The lowest BCUT2D eigenvalue weighted by atomic mass is 10.1. The molecule has 0 atom stereocenters. The maximum atomic E-state index is 11.8. The van der Waals surface area contributed by atoms with Crippen LogP contribution in [0, 0.1) is 11.8 Å². The maximum absolute atomic E-state index is 11.8. The van der Waals surface area contributed by atoms with E-state index in [1.165, 1.54) is 0 Å². The number of benzene rings is 1. The number of aliphatic hydroxyl groups is 1. The first kappa shape index (κ1) is 16.2. The number of hydrogen-bond donors (Lipinski definition) is 2. The molecule has 20 heavy (non-hydrogen) atoms. The Balaban J connectivity index is 2.40. The lowest BCUT2D eigenvalue weighted by Gasteiger charge is -2.05. The monoisotopic (exact) mass is 275 g/mol. The van der Waals surface area contributed by atoms with E-state index in [-0.39, 0.29) is 12.5 Å². The van der Waals surface area contributed by atoms with Crippen LogP contribution >= 0.6 is 0 Å². The zero-order chi connectivity index (χ0) is 14.6. The van der Waals surface area contributed by atoms with Gasteiger partial charge in [-0.3, -0.25) is 4.79 Å². The van der Waals surface area contributed by atoms with Crippen LogP contribution in [0.25, 0.3) is 0 Å². The van der Waals surface area contributed by atoms with E-state index in [2.05, 4.69) is 17.2 Å². The summed E-state index contributed by atoms with van der Waals surface area (Å²) in [4.78, 5) is 11.8. The molecule has 2 N–H and O–H groups in total. The van der Waals surface area contributed by atoms with Gasteiger partial charge in [0.05, 0.1) is 6.61 Å². The number of ether oxygens (including phenoxy) is 1. The summed E-state index contributed by atoms with van der Waals surface area (Å²) < 4.78 is 5.20. The molecule has 0 radical (unpaired) electrons. The molecule has 4 nitrogen and oxygen atoms in total. The van der Waals surface area contributed by atoms with Gasteiger partial charge >= 0.3 is 0 Å². The van der Waals surface area contributed by atoms with Crippen LogP contribution in [-0.2, 0) is 4.74 Å². The van der Waals surface area contributed by atoms with Crippen LogP contribution in [0.5, 0.6) is 0 Å². The average Bonchev–Trinajstić information content (AvgIpc) is 2.48. The van der Waals surface area contributed by atoms with E-state index in [0.717, 1.165) is 12.0 Å². The second kappa shape index (κ2) is 10.0. The van der Waals surface area contributed by atoms with Crippen molar-refractivity contribution in [2.45, 2.75) is 19.8 Å².